The number of piperidine rings is 1. The molecule has 3 saturated heterocycles. The number of carbonyl (C=O) groups is 1. The van der Waals surface area contributed by atoms with Gasteiger partial charge in [-0.15, -0.1) is 0 Å². The lowest BCUT2D eigenvalue weighted by atomic mass is 9.89. The maximum absolute atomic E-state index is 12.4. The Kier molecular flexibility index (Phi) is 3.78. The van der Waals surface area contributed by atoms with E-state index in [1.807, 2.05) is 0 Å². The number of carbonyl (C=O) groups excluding carboxylic acids is 1. The van der Waals surface area contributed by atoms with Crippen molar-refractivity contribution in [2.24, 2.45) is 5.73 Å². The predicted molar refractivity (Wildman–Crippen MR) is 72.7 cm³/mol. The molecule has 3 rings (SSSR count). The third-order valence-electron chi connectivity index (χ3n) is 5.01. The Balaban J connectivity index is 1.60. The van der Waals surface area contributed by atoms with E-state index in [9.17, 15) is 4.79 Å². The van der Waals surface area contributed by atoms with Crippen LogP contribution in [-0.4, -0.2) is 54.7 Å². The van der Waals surface area contributed by atoms with Gasteiger partial charge in [0.2, 0.25) is 5.91 Å². The molecular formula is C14H25N3O2. The molecule has 0 bridgehead atoms. The van der Waals surface area contributed by atoms with Crippen molar-refractivity contribution >= 4 is 5.91 Å². The quantitative estimate of drug-likeness (QED) is 0.752. The highest BCUT2D eigenvalue weighted by atomic mass is 16.5. The van der Waals surface area contributed by atoms with Crippen LogP contribution >= 0.6 is 0 Å². The van der Waals surface area contributed by atoms with Gasteiger partial charge in [0, 0.05) is 31.8 Å². The number of amides is 1. The molecular weight excluding hydrogens is 242 g/mol. The number of rotatable bonds is 2. The number of ether oxygens (including phenoxy) is 1. The largest absolute Gasteiger partial charge is 0.381 e. The first-order chi connectivity index (χ1) is 9.19. The van der Waals surface area contributed by atoms with Crippen LogP contribution in [-0.2, 0) is 9.53 Å². The number of nitrogens with two attached hydrogens (primary N) is 1. The summed E-state index contributed by atoms with van der Waals surface area (Å²) in [5.41, 5.74) is 5.54. The molecule has 2 unspecified atom stereocenters. The van der Waals surface area contributed by atoms with Gasteiger partial charge in [-0.05, 0) is 38.6 Å². The molecule has 19 heavy (non-hydrogen) atoms. The SMILES string of the molecule is NC1(C(=O)NC2CCN3CCCCC23)CCOCC1. The molecule has 3 aliphatic heterocycles. The minimum Gasteiger partial charge on any atom is -0.381 e. The van der Waals surface area contributed by atoms with Crippen LogP contribution in [0.3, 0.4) is 0 Å². The molecule has 5 nitrogen and oxygen atoms in total. The Bertz CT molecular complexity index is 342. The molecule has 3 heterocycles. The molecule has 0 aromatic carbocycles. The van der Waals surface area contributed by atoms with Crippen LogP contribution in [0.2, 0.25) is 0 Å². The minimum absolute atomic E-state index is 0.0354. The number of hydrogen-bond acceptors (Lipinski definition) is 4. The monoisotopic (exact) mass is 267 g/mol. The molecule has 3 fully saturated rings. The third-order valence-corrected chi connectivity index (χ3v) is 5.01. The van der Waals surface area contributed by atoms with E-state index in [1.165, 1.54) is 25.8 Å². The zero-order valence-corrected chi connectivity index (χ0v) is 11.6. The molecule has 1 amide bonds. The average Bonchev–Trinajstić information content (AvgIpc) is 2.83. The zero-order valence-electron chi connectivity index (χ0n) is 11.6. The first-order valence-electron chi connectivity index (χ1n) is 7.61. The molecule has 0 radical (unpaired) electrons. The van der Waals surface area contributed by atoms with E-state index >= 15 is 0 Å². The second-order valence-corrected chi connectivity index (χ2v) is 6.24. The highest BCUT2D eigenvalue weighted by Crippen LogP contribution is 2.28. The number of hydrogen-bond donors (Lipinski definition) is 2. The van der Waals surface area contributed by atoms with Crippen molar-refractivity contribution in [1.82, 2.24) is 10.2 Å². The first-order valence-corrected chi connectivity index (χ1v) is 7.61. The lowest BCUT2D eigenvalue weighted by Gasteiger charge is -2.36. The first kappa shape index (κ1) is 13.3. The van der Waals surface area contributed by atoms with E-state index < -0.39 is 5.54 Å². The molecule has 0 aromatic rings. The van der Waals surface area contributed by atoms with Gasteiger partial charge >= 0.3 is 0 Å². The van der Waals surface area contributed by atoms with Crippen LogP contribution in [0.15, 0.2) is 0 Å². The Morgan fingerprint density at radius 1 is 1.21 bits per heavy atom. The Labute approximate surface area is 114 Å². The highest BCUT2D eigenvalue weighted by Gasteiger charge is 2.41. The van der Waals surface area contributed by atoms with Crippen LogP contribution < -0.4 is 11.1 Å². The molecule has 0 spiro atoms. The maximum atomic E-state index is 12.4. The van der Waals surface area contributed by atoms with E-state index in [0.29, 0.717) is 38.1 Å². The highest BCUT2D eigenvalue weighted by molar-refractivity contribution is 5.86. The van der Waals surface area contributed by atoms with Crippen LogP contribution in [0, 0.1) is 0 Å². The fraction of sp³-hybridized carbons (Fsp3) is 0.929. The minimum atomic E-state index is -0.708. The van der Waals surface area contributed by atoms with E-state index in [-0.39, 0.29) is 5.91 Å². The summed E-state index contributed by atoms with van der Waals surface area (Å²) in [4.78, 5) is 15.0. The standard InChI is InChI=1S/C14H25N3O2/c15-14(5-9-19-10-6-14)13(18)16-11-4-8-17-7-2-1-3-12(11)17/h11-12H,1-10,15H2,(H,16,18). The Hall–Kier alpha value is -0.650. The summed E-state index contributed by atoms with van der Waals surface area (Å²) < 4.78 is 5.30. The van der Waals surface area contributed by atoms with Gasteiger partial charge in [-0.3, -0.25) is 9.69 Å². The molecule has 0 aromatic heterocycles. The predicted octanol–water partition coefficient (Wildman–Crippen LogP) is 0.237. The lowest BCUT2D eigenvalue weighted by Crippen LogP contribution is -2.60. The average molecular weight is 267 g/mol. The van der Waals surface area contributed by atoms with Gasteiger partial charge in [0.05, 0.1) is 5.54 Å². The number of nitrogens with zero attached hydrogens (tertiary/aromatic N) is 1. The van der Waals surface area contributed by atoms with Gasteiger partial charge in [-0.25, -0.2) is 0 Å². The summed E-state index contributed by atoms with van der Waals surface area (Å²) in [7, 11) is 0. The van der Waals surface area contributed by atoms with Gasteiger partial charge in [0.15, 0.2) is 0 Å². The summed E-state index contributed by atoms with van der Waals surface area (Å²) in [6.45, 7) is 3.52. The van der Waals surface area contributed by atoms with Crippen molar-refractivity contribution in [3.63, 3.8) is 0 Å². The van der Waals surface area contributed by atoms with E-state index in [0.717, 1.165) is 13.0 Å². The van der Waals surface area contributed by atoms with E-state index in [4.69, 9.17) is 10.5 Å². The summed E-state index contributed by atoms with van der Waals surface area (Å²) in [5, 5.41) is 3.23. The van der Waals surface area contributed by atoms with Crippen LogP contribution in [0.5, 0.6) is 0 Å². The Morgan fingerprint density at radius 3 is 2.79 bits per heavy atom. The number of nitrogens with one attached hydrogen (secondary N) is 1. The normalized spacial score (nSPS) is 34.8. The van der Waals surface area contributed by atoms with Crippen LogP contribution in [0.25, 0.3) is 0 Å². The van der Waals surface area contributed by atoms with Crippen molar-refractivity contribution < 1.29 is 9.53 Å². The van der Waals surface area contributed by atoms with Gasteiger partial charge in [0.1, 0.15) is 0 Å². The van der Waals surface area contributed by atoms with Gasteiger partial charge in [-0.1, -0.05) is 6.42 Å². The van der Waals surface area contributed by atoms with Gasteiger partial charge < -0.3 is 15.8 Å². The smallest absolute Gasteiger partial charge is 0.240 e. The Morgan fingerprint density at radius 2 is 2.00 bits per heavy atom. The van der Waals surface area contributed by atoms with Crippen molar-refractivity contribution in [1.29, 1.82) is 0 Å². The molecule has 3 aliphatic rings. The number of fused-ring (bicyclic) bond motifs is 1. The summed E-state index contributed by atoms with van der Waals surface area (Å²) in [6.07, 6.45) is 6.15. The third kappa shape index (κ3) is 2.64. The van der Waals surface area contributed by atoms with Gasteiger partial charge in [-0.2, -0.15) is 0 Å². The second-order valence-electron chi connectivity index (χ2n) is 6.24. The van der Waals surface area contributed by atoms with Gasteiger partial charge in [0.25, 0.3) is 0 Å². The fourth-order valence-corrected chi connectivity index (χ4v) is 3.69. The molecule has 3 N–H and O–H groups in total. The zero-order chi connectivity index (χ0) is 13.3. The summed E-state index contributed by atoms with van der Waals surface area (Å²) >= 11 is 0. The van der Waals surface area contributed by atoms with E-state index in [1.54, 1.807) is 0 Å². The van der Waals surface area contributed by atoms with Crippen molar-refractivity contribution in [3.8, 4) is 0 Å². The molecule has 0 saturated carbocycles. The van der Waals surface area contributed by atoms with Crippen molar-refractivity contribution in [3.05, 3.63) is 0 Å². The molecule has 0 aliphatic carbocycles. The summed E-state index contributed by atoms with van der Waals surface area (Å²) in [6, 6.07) is 0.845. The van der Waals surface area contributed by atoms with Crippen molar-refractivity contribution in [2.75, 3.05) is 26.3 Å². The van der Waals surface area contributed by atoms with Crippen LogP contribution in [0.4, 0.5) is 0 Å². The van der Waals surface area contributed by atoms with Crippen molar-refractivity contribution in [2.45, 2.75) is 56.1 Å². The molecule has 5 heteroatoms. The topological polar surface area (TPSA) is 67.6 Å². The summed E-state index contributed by atoms with van der Waals surface area (Å²) in [5.74, 6) is 0.0354. The maximum Gasteiger partial charge on any atom is 0.240 e. The fourth-order valence-electron chi connectivity index (χ4n) is 3.69. The molecule has 108 valence electrons. The van der Waals surface area contributed by atoms with E-state index in [2.05, 4.69) is 10.2 Å². The second kappa shape index (κ2) is 5.38. The lowest BCUT2D eigenvalue weighted by molar-refractivity contribution is -0.130. The van der Waals surface area contributed by atoms with Crippen LogP contribution in [0.1, 0.15) is 38.5 Å². The molecule has 2 atom stereocenters.